The first-order valence-corrected chi connectivity index (χ1v) is 6.97. The van der Waals surface area contributed by atoms with Gasteiger partial charge < -0.3 is 4.74 Å². The average Bonchev–Trinajstić information content (AvgIpc) is 2.25. The highest BCUT2D eigenvalue weighted by molar-refractivity contribution is 7.48. The number of ether oxygens (including phenoxy) is 1. The second-order valence-corrected chi connectivity index (χ2v) is 4.68. The van der Waals surface area contributed by atoms with Crippen molar-refractivity contribution >= 4 is 13.8 Å². The first-order valence-electron chi connectivity index (χ1n) is 5.51. The van der Waals surface area contributed by atoms with Gasteiger partial charge in [0.25, 0.3) is 6.10 Å². The molecule has 0 heterocycles. The number of phosphoric acid groups is 1. The van der Waals surface area contributed by atoms with Gasteiger partial charge in [0.15, 0.2) is 0 Å². The zero-order valence-electron chi connectivity index (χ0n) is 10.7. The third kappa shape index (κ3) is 6.38. The predicted octanol–water partition coefficient (Wildman–Crippen LogP) is 2.68. The molecule has 19 heavy (non-hydrogen) atoms. The summed E-state index contributed by atoms with van der Waals surface area (Å²) < 4.78 is 67.2. The minimum Gasteiger partial charge on any atom is -0.464 e. The summed E-state index contributed by atoms with van der Waals surface area (Å²) in [4.78, 5) is 11.2. The lowest BCUT2D eigenvalue weighted by molar-refractivity contribution is -0.215. The minimum atomic E-state index is -5.09. The summed E-state index contributed by atoms with van der Waals surface area (Å²) in [5, 5.41) is 0. The number of carbonyl (C=O) groups excluding carboxylic acids is 1. The molecule has 0 aliphatic carbocycles. The fraction of sp³-hybridized carbons (Fsp3) is 0.889. The number of hydrogen-bond acceptors (Lipinski definition) is 6. The number of phosphoric ester groups is 1. The number of hydrogen-bond donors (Lipinski definition) is 0. The van der Waals surface area contributed by atoms with Crippen LogP contribution >= 0.6 is 7.82 Å². The van der Waals surface area contributed by atoms with E-state index in [-0.39, 0.29) is 19.8 Å². The van der Waals surface area contributed by atoms with E-state index in [9.17, 15) is 22.5 Å². The smallest absolute Gasteiger partial charge is 0.464 e. The maximum atomic E-state index is 12.6. The molecular formula is C9H16F3O6P. The van der Waals surface area contributed by atoms with Crippen LogP contribution in [-0.4, -0.2) is 38.1 Å². The van der Waals surface area contributed by atoms with Crippen LogP contribution in [0.3, 0.4) is 0 Å². The normalized spacial score (nSPS) is 14.2. The van der Waals surface area contributed by atoms with E-state index in [4.69, 9.17) is 0 Å². The van der Waals surface area contributed by atoms with Crippen LogP contribution in [0.2, 0.25) is 0 Å². The topological polar surface area (TPSA) is 71.1 Å². The fourth-order valence-electron chi connectivity index (χ4n) is 0.998. The van der Waals surface area contributed by atoms with E-state index in [0.29, 0.717) is 0 Å². The number of alkyl halides is 3. The monoisotopic (exact) mass is 308 g/mol. The van der Waals surface area contributed by atoms with Crippen LogP contribution in [-0.2, 0) is 27.7 Å². The Kier molecular flexibility index (Phi) is 7.58. The van der Waals surface area contributed by atoms with E-state index in [2.05, 4.69) is 18.3 Å². The van der Waals surface area contributed by atoms with Crippen LogP contribution in [0.5, 0.6) is 0 Å². The van der Waals surface area contributed by atoms with Crippen molar-refractivity contribution in [2.24, 2.45) is 0 Å². The van der Waals surface area contributed by atoms with Gasteiger partial charge in [-0.05, 0) is 20.8 Å². The number of rotatable bonds is 8. The molecule has 0 N–H and O–H groups in total. The SMILES string of the molecule is CCOC(=O)[C@@H](OP(=O)(OCC)OCC)C(F)(F)F. The molecule has 0 aliphatic heterocycles. The van der Waals surface area contributed by atoms with Crippen LogP contribution in [0.1, 0.15) is 20.8 Å². The van der Waals surface area contributed by atoms with E-state index in [1.807, 2.05) is 0 Å². The molecule has 0 aromatic rings. The Hall–Kier alpha value is -0.630. The van der Waals surface area contributed by atoms with E-state index >= 15 is 0 Å². The van der Waals surface area contributed by atoms with Crippen molar-refractivity contribution in [3.63, 3.8) is 0 Å². The second kappa shape index (κ2) is 7.84. The first-order chi connectivity index (χ1) is 8.70. The molecule has 0 rings (SSSR count). The Labute approximate surface area is 108 Å². The lowest BCUT2D eigenvalue weighted by Gasteiger charge is -2.23. The summed E-state index contributed by atoms with van der Waals surface area (Å²) >= 11 is 0. The lowest BCUT2D eigenvalue weighted by atomic mass is 10.3. The number of esters is 1. The minimum absolute atomic E-state index is 0.204. The van der Waals surface area contributed by atoms with Crippen molar-refractivity contribution < 1.29 is 40.8 Å². The fourth-order valence-corrected chi connectivity index (χ4v) is 2.29. The highest BCUT2D eigenvalue weighted by Crippen LogP contribution is 2.52. The van der Waals surface area contributed by atoms with Crippen molar-refractivity contribution in [1.29, 1.82) is 0 Å². The highest BCUT2D eigenvalue weighted by Gasteiger charge is 2.52. The van der Waals surface area contributed by atoms with Crippen molar-refractivity contribution in [1.82, 2.24) is 0 Å². The molecule has 10 heteroatoms. The van der Waals surface area contributed by atoms with Crippen LogP contribution in [0.15, 0.2) is 0 Å². The van der Waals surface area contributed by atoms with E-state index < -0.39 is 26.1 Å². The summed E-state index contributed by atoms with van der Waals surface area (Å²) in [7, 11) is -4.47. The van der Waals surface area contributed by atoms with Crippen molar-refractivity contribution in [3.05, 3.63) is 0 Å². The molecular weight excluding hydrogens is 292 g/mol. The van der Waals surface area contributed by atoms with Gasteiger partial charge in [0.05, 0.1) is 19.8 Å². The molecule has 1 atom stereocenters. The zero-order valence-corrected chi connectivity index (χ0v) is 11.6. The van der Waals surface area contributed by atoms with Crippen LogP contribution in [0, 0.1) is 0 Å². The molecule has 0 saturated heterocycles. The van der Waals surface area contributed by atoms with Crippen molar-refractivity contribution in [3.8, 4) is 0 Å². The molecule has 114 valence electrons. The highest BCUT2D eigenvalue weighted by atomic mass is 31.2. The van der Waals surface area contributed by atoms with Crippen molar-refractivity contribution in [2.75, 3.05) is 19.8 Å². The lowest BCUT2D eigenvalue weighted by Crippen LogP contribution is -2.40. The Morgan fingerprint density at radius 2 is 1.58 bits per heavy atom. The molecule has 0 aromatic carbocycles. The Bertz CT molecular complexity index is 322. The van der Waals surface area contributed by atoms with E-state index in [1.165, 1.54) is 20.8 Å². The third-order valence-corrected chi connectivity index (χ3v) is 3.22. The molecule has 0 saturated carbocycles. The van der Waals surface area contributed by atoms with Crippen LogP contribution in [0.25, 0.3) is 0 Å². The summed E-state index contributed by atoms with van der Waals surface area (Å²) in [6.07, 6.45) is -8.10. The zero-order chi connectivity index (χ0) is 15.1. The molecule has 0 radical (unpaired) electrons. The van der Waals surface area contributed by atoms with Crippen LogP contribution in [0.4, 0.5) is 13.2 Å². The molecule has 0 aromatic heterocycles. The van der Waals surface area contributed by atoms with Crippen LogP contribution < -0.4 is 0 Å². The Balaban J connectivity index is 5.07. The second-order valence-electron chi connectivity index (χ2n) is 3.06. The summed E-state index contributed by atoms with van der Waals surface area (Å²) in [6.45, 7) is 3.43. The quantitative estimate of drug-likeness (QED) is 0.507. The average molecular weight is 308 g/mol. The molecule has 0 fully saturated rings. The van der Waals surface area contributed by atoms with Gasteiger partial charge in [0, 0.05) is 0 Å². The van der Waals surface area contributed by atoms with Gasteiger partial charge >= 0.3 is 20.0 Å². The standard InChI is InChI=1S/C9H16F3O6P/c1-4-15-8(13)7(9(10,11)12)18-19(14,16-5-2)17-6-3/h7H,4-6H2,1-3H3/t7-/m1/s1. The summed E-state index contributed by atoms with van der Waals surface area (Å²) in [6, 6.07) is 0. The largest absolute Gasteiger partial charge is 0.475 e. The predicted molar refractivity (Wildman–Crippen MR) is 58.4 cm³/mol. The van der Waals surface area contributed by atoms with Gasteiger partial charge in [-0.1, -0.05) is 0 Å². The number of halogens is 3. The molecule has 6 nitrogen and oxygen atoms in total. The Morgan fingerprint density at radius 1 is 1.11 bits per heavy atom. The Morgan fingerprint density at radius 3 is 1.89 bits per heavy atom. The summed E-state index contributed by atoms with van der Waals surface area (Å²) in [5.41, 5.74) is 0. The molecule has 0 bridgehead atoms. The van der Waals surface area contributed by atoms with Gasteiger partial charge in [-0.3, -0.25) is 13.6 Å². The maximum absolute atomic E-state index is 12.6. The van der Waals surface area contributed by atoms with Gasteiger partial charge in [0.2, 0.25) is 0 Å². The molecule has 0 spiro atoms. The maximum Gasteiger partial charge on any atom is 0.475 e. The van der Waals surface area contributed by atoms with Gasteiger partial charge in [0.1, 0.15) is 0 Å². The third-order valence-electron chi connectivity index (χ3n) is 1.61. The van der Waals surface area contributed by atoms with E-state index in [1.54, 1.807) is 0 Å². The number of carbonyl (C=O) groups is 1. The van der Waals surface area contributed by atoms with E-state index in [0.717, 1.165) is 0 Å². The van der Waals surface area contributed by atoms with Gasteiger partial charge in [-0.15, -0.1) is 0 Å². The van der Waals surface area contributed by atoms with Gasteiger partial charge in [-0.25, -0.2) is 9.36 Å². The molecule has 0 aliphatic rings. The van der Waals surface area contributed by atoms with Crippen molar-refractivity contribution in [2.45, 2.75) is 33.1 Å². The molecule has 0 amide bonds. The van der Waals surface area contributed by atoms with Gasteiger partial charge in [-0.2, -0.15) is 13.2 Å². The molecule has 0 unspecified atom stereocenters. The summed E-state index contributed by atoms with van der Waals surface area (Å²) in [5.74, 6) is -1.70. The first kappa shape index (κ1) is 18.4.